The largest absolute Gasteiger partial charge is 0.373 e. The van der Waals surface area contributed by atoms with Crippen LogP contribution in [0.4, 0.5) is 5.69 Å². The first-order valence-electron chi connectivity index (χ1n) is 9.08. The Kier molecular flexibility index (Phi) is 5.68. The number of aromatic nitrogens is 3. The van der Waals surface area contributed by atoms with Crippen LogP contribution in [0.3, 0.4) is 0 Å². The van der Waals surface area contributed by atoms with E-state index in [9.17, 15) is 4.79 Å². The lowest BCUT2D eigenvalue weighted by Crippen LogP contribution is -2.55. The zero-order valence-electron chi connectivity index (χ0n) is 15.8. The van der Waals surface area contributed by atoms with Gasteiger partial charge in [-0.2, -0.15) is 0 Å². The molecule has 1 N–H and O–H groups in total. The van der Waals surface area contributed by atoms with Crippen LogP contribution in [0.25, 0.3) is 5.82 Å². The summed E-state index contributed by atoms with van der Waals surface area (Å²) in [6, 6.07) is 3.53. The number of anilines is 1. The second-order valence-corrected chi connectivity index (χ2v) is 7.26. The monoisotopic (exact) mass is 357 g/mol. The number of nitrogens with zero attached hydrogens (tertiary/aromatic N) is 4. The molecule has 0 saturated carbocycles. The summed E-state index contributed by atoms with van der Waals surface area (Å²) in [5, 5.41) is 3.01. The van der Waals surface area contributed by atoms with E-state index in [0.717, 1.165) is 18.9 Å². The molecule has 26 heavy (non-hydrogen) atoms. The number of carbonyl (C=O) groups excluding carboxylic acids is 1. The number of nitrogens with one attached hydrogen (secondary N) is 1. The number of ether oxygens (including phenoxy) is 1. The Hall–Kier alpha value is -2.25. The molecule has 0 aliphatic carbocycles. The van der Waals surface area contributed by atoms with Crippen molar-refractivity contribution in [3.05, 3.63) is 37.1 Å². The molecule has 7 heteroatoms. The van der Waals surface area contributed by atoms with E-state index in [1.807, 2.05) is 22.9 Å². The Morgan fingerprint density at radius 3 is 2.54 bits per heavy atom. The Morgan fingerprint density at radius 2 is 2.00 bits per heavy atom. The fourth-order valence-corrected chi connectivity index (χ4v) is 3.56. The summed E-state index contributed by atoms with van der Waals surface area (Å²) in [5.41, 5.74) is 0.693. The van der Waals surface area contributed by atoms with Crippen molar-refractivity contribution in [2.24, 2.45) is 5.92 Å². The molecular weight excluding hydrogens is 330 g/mol. The highest BCUT2D eigenvalue weighted by molar-refractivity contribution is 5.94. The first kappa shape index (κ1) is 18.5. The smallest absolute Gasteiger partial charge is 0.242 e. The Morgan fingerprint density at radius 1 is 1.27 bits per heavy atom. The Labute approximate surface area is 154 Å². The maximum absolute atomic E-state index is 12.9. The molecule has 3 heterocycles. The normalized spacial score (nSPS) is 22.3. The third kappa shape index (κ3) is 4.28. The number of hydrogen-bond acceptors (Lipinski definition) is 5. The lowest BCUT2D eigenvalue weighted by atomic mass is 9.99. The van der Waals surface area contributed by atoms with E-state index in [-0.39, 0.29) is 30.1 Å². The van der Waals surface area contributed by atoms with E-state index < -0.39 is 0 Å². The molecule has 1 aliphatic heterocycles. The average Bonchev–Trinajstić information content (AvgIpc) is 3.08. The maximum atomic E-state index is 12.9. The summed E-state index contributed by atoms with van der Waals surface area (Å²) in [4.78, 5) is 23.6. The highest BCUT2D eigenvalue weighted by atomic mass is 16.5. The molecule has 140 valence electrons. The van der Waals surface area contributed by atoms with Gasteiger partial charge in [-0.1, -0.05) is 13.8 Å². The summed E-state index contributed by atoms with van der Waals surface area (Å²) < 4.78 is 7.62. The molecule has 3 rings (SSSR count). The number of carbonyl (C=O) groups is 1. The minimum atomic E-state index is -0.197. The highest BCUT2D eigenvalue weighted by Crippen LogP contribution is 2.20. The molecule has 1 aliphatic rings. The summed E-state index contributed by atoms with van der Waals surface area (Å²) in [5.74, 6) is 0.959. The molecule has 0 bridgehead atoms. The van der Waals surface area contributed by atoms with Gasteiger partial charge >= 0.3 is 0 Å². The lowest BCUT2D eigenvalue weighted by molar-refractivity contribution is -0.130. The van der Waals surface area contributed by atoms with Gasteiger partial charge in [0, 0.05) is 25.5 Å². The zero-order valence-corrected chi connectivity index (χ0v) is 15.8. The van der Waals surface area contributed by atoms with E-state index >= 15 is 0 Å². The molecule has 3 atom stereocenters. The van der Waals surface area contributed by atoms with Gasteiger partial charge in [0.2, 0.25) is 5.91 Å². The first-order valence-corrected chi connectivity index (χ1v) is 9.08. The third-order valence-electron chi connectivity index (χ3n) is 4.53. The van der Waals surface area contributed by atoms with Gasteiger partial charge < -0.3 is 10.1 Å². The minimum absolute atomic E-state index is 0.00141. The highest BCUT2D eigenvalue weighted by Gasteiger charge is 2.34. The number of hydrogen-bond donors (Lipinski definition) is 1. The number of rotatable bonds is 5. The Bertz CT molecular complexity index is 704. The topological polar surface area (TPSA) is 72.3 Å². The molecule has 2 aromatic rings. The molecule has 0 aromatic carbocycles. The van der Waals surface area contributed by atoms with Gasteiger partial charge in [0.1, 0.15) is 12.1 Å². The predicted molar refractivity (Wildman–Crippen MR) is 100 cm³/mol. The molecule has 0 radical (unpaired) electrons. The van der Waals surface area contributed by atoms with Crippen molar-refractivity contribution in [2.45, 2.75) is 45.9 Å². The third-order valence-corrected chi connectivity index (χ3v) is 4.53. The summed E-state index contributed by atoms with van der Waals surface area (Å²) in [7, 11) is 0. The van der Waals surface area contributed by atoms with Crippen LogP contribution in [0.2, 0.25) is 0 Å². The molecule has 1 saturated heterocycles. The quantitative estimate of drug-likeness (QED) is 0.889. The predicted octanol–water partition coefficient (Wildman–Crippen LogP) is 2.34. The molecule has 3 unspecified atom stereocenters. The van der Waals surface area contributed by atoms with Gasteiger partial charge in [-0.15, -0.1) is 0 Å². The Balaban J connectivity index is 1.70. The van der Waals surface area contributed by atoms with Crippen molar-refractivity contribution in [3.8, 4) is 5.82 Å². The second kappa shape index (κ2) is 7.97. The SMILES string of the molecule is CC1CN(C(C(=O)Nc2ccc(-n3ccnc3)nc2)C(C)C)CC(C)O1. The van der Waals surface area contributed by atoms with E-state index in [4.69, 9.17) is 4.74 Å². The average molecular weight is 357 g/mol. The van der Waals surface area contributed by atoms with Crippen molar-refractivity contribution in [2.75, 3.05) is 18.4 Å². The maximum Gasteiger partial charge on any atom is 0.242 e. The van der Waals surface area contributed by atoms with Crippen LogP contribution in [0.1, 0.15) is 27.7 Å². The van der Waals surface area contributed by atoms with E-state index in [1.165, 1.54) is 0 Å². The standard InChI is InChI=1S/C19H27N5O2/c1-13(2)18(24-10-14(3)26-15(4)11-24)19(25)22-16-5-6-17(21-9-16)23-8-7-20-12-23/h5-9,12-15,18H,10-11H2,1-4H3,(H,22,25). The number of amides is 1. The number of morpholine rings is 1. The summed E-state index contributed by atoms with van der Waals surface area (Å²) >= 11 is 0. The van der Waals surface area contributed by atoms with Gasteiger partial charge in [0.05, 0.1) is 30.1 Å². The van der Waals surface area contributed by atoms with Crippen LogP contribution in [-0.4, -0.2) is 56.7 Å². The number of pyridine rings is 1. The second-order valence-electron chi connectivity index (χ2n) is 7.26. The van der Waals surface area contributed by atoms with Crippen LogP contribution in [0, 0.1) is 5.92 Å². The van der Waals surface area contributed by atoms with Gasteiger partial charge in [-0.05, 0) is 31.9 Å². The van der Waals surface area contributed by atoms with Crippen LogP contribution < -0.4 is 5.32 Å². The van der Waals surface area contributed by atoms with Gasteiger partial charge in [-0.3, -0.25) is 14.3 Å². The van der Waals surface area contributed by atoms with Crippen molar-refractivity contribution < 1.29 is 9.53 Å². The van der Waals surface area contributed by atoms with Gasteiger partial charge in [0.25, 0.3) is 0 Å². The molecule has 0 spiro atoms. The summed E-state index contributed by atoms with van der Waals surface area (Å²) in [6.45, 7) is 9.79. The fraction of sp³-hybridized carbons (Fsp3) is 0.526. The lowest BCUT2D eigenvalue weighted by Gasteiger charge is -2.41. The summed E-state index contributed by atoms with van der Waals surface area (Å²) in [6.07, 6.45) is 7.16. The molecular formula is C19H27N5O2. The molecule has 1 amide bonds. The van der Waals surface area contributed by atoms with Crippen LogP contribution in [-0.2, 0) is 9.53 Å². The number of imidazole rings is 1. The molecule has 2 aromatic heterocycles. The van der Waals surface area contributed by atoms with Crippen molar-refractivity contribution >= 4 is 11.6 Å². The van der Waals surface area contributed by atoms with Crippen molar-refractivity contribution in [1.29, 1.82) is 0 Å². The van der Waals surface area contributed by atoms with Crippen molar-refractivity contribution in [3.63, 3.8) is 0 Å². The van der Waals surface area contributed by atoms with E-state index in [0.29, 0.717) is 5.69 Å². The van der Waals surface area contributed by atoms with Gasteiger partial charge in [-0.25, -0.2) is 9.97 Å². The molecule has 7 nitrogen and oxygen atoms in total. The van der Waals surface area contributed by atoms with Crippen LogP contribution in [0.5, 0.6) is 0 Å². The fourth-order valence-electron chi connectivity index (χ4n) is 3.56. The van der Waals surface area contributed by atoms with Gasteiger partial charge in [0.15, 0.2) is 0 Å². The van der Waals surface area contributed by atoms with Crippen LogP contribution in [0.15, 0.2) is 37.1 Å². The zero-order chi connectivity index (χ0) is 18.7. The van der Waals surface area contributed by atoms with E-state index in [2.05, 4.69) is 47.9 Å². The minimum Gasteiger partial charge on any atom is -0.373 e. The van der Waals surface area contributed by atoms with Crippen molar-refractivity contribution in [1.82, 2.24) is 19.4 Å². The van der Waals surface area contributed by atoms with E-state index in [1.54, 1.807) is 18.7 Å². The first-order chi connectivity index (χ1) is 12.4. The molecule has 1 fully saturated rings. The van der Waals surface area contributed by atoms with Crippen LogP contribution >= 0.6 is 0 Å².